The standard InChI is InChI=1S/C19H24N2O5/c1-19(2,3)25-18(24)20(4)12-9-10-13(11-12)26-21-16(22)14-7-5-6-8-15(14)17(21)23/h5-8,12-13H,9-11H2,1-4H3. The first-order valence-corrected chi connectivity index (χ1v) is 8.78. The molecule has 1 aliphatic heterocycles. The van der Waals surface area contributed by atoms with Gasteiger partial charge in [0, 0.05) is 13.1 Å². The summed E-state index contributed by atoms with van der Waals surface area (Å²) >= 11 is 0. The van der Waals surface area contributed by atoms with Crippen LogP contribution in [0.5, 0.6) is 0 Å². The van der Waals surface area contributed by atoms with E-state index in [-0.39, 0.29) is 18.2 Å². The second-order valence-electron chi connectivity index (χ2n) is 7.74. The minimum Gasteiger partial charge on any atom is -0.444 e. The number of amides is 3. The molecule has 0 N–H and O–H groups in total. The fraction of sp³-hybridized carbons (Fsp3) is 0.526. The highest BCUT2D eigenvalue weighted by Gasteiger charge is 2.40. The van der Waals surface area contributed by atoms with Crippen molar-refractivity contribution < 1.29 is 24.0 Å². The van der Waals surface area contributed by atoms with Crippen molar-refractivity contribution in [2.75, 3.05) is 7.05 Å². The van der Waals surface area contributed by atoms with Crippen LogP contribution >= 0.6 is 0 Å². The molecule has 140 valence electrons. The number of hydrogen-bond acceptors (Lipinski definition) is 5. The molecular formula is C19H24N2O5. The van der Waals surface area contributed by atoms with Crippen molar-refractivity contribution in [2.45, 2.75) is 57.8 Å². The molecule has 0 radical (unpaired) electrons. The van der Waals surface area contributed by atoms with Gasteiger partial charge in [0.15, 0.2) is 0 Å². The van der Waals surface area contributed by atoms with Crippen molar-refractivity contribution in [1.29, 1.82) is 0 Å². The molecule has 7 heteroatoms. The van der Waals surface area contributed by atoms with Crippen LogP contribution in [-0.4, -0.2) is 52.7 Å². The quantitative estimate of drug-likeness (QED) is 0.775. The largest absolute Gasteiger partial charge is 0.444 e. The van der Waals surface area contributed by atoms with Gasteiger partial charge in [-0.25, -0.2) is 4.79 Å². The number of ether oxygens (including phenoxy) is 1. The van der Waals surface area contributed by atoms with Gasteiger partial charge in [0.25, 0.3) is 11.8 Å². The van der Waals surface area contributed by atoms with E-state index in [1.807, 2.05) is 20.8 Å². The van der Waals surface area contributed by atoms with Crippen LogP contribution in [0.25, 0.3) is 0 Å². The molecule has 7 nitrogen and oxygen atoms in total. The normalized spacial score (nSPS) is 22.5. The molecule has 1 fully saturated rings. The van der Waals surface area contributed by atoms with E-state index < -0.39 is 17.4 Å². The highest BCUT2D eigenvalue weighted by Crippen LogP contribution is 2.30. The first kappa shape index (κ1) is 18.4. The first-order valence-electron chi connectivity index (χ1n) is 8.78. The maximum absolute atomic E-state index is 12.4. The Morgan fingerprint density at radius 2 is 1.69 bits per heavy atom. The summed E-state index contributed by atoms with van der Waals surface area (Å²) in [6.45, 7) is 5.46. The lowest BCUT2D eigenvalue weighted by Gasteiger charge is -2.28. The van der Waals surface area contributed by atoms with Crippen LogP contribution in [0.3, 0.4) is 0 Å². The fourth-order valence-electron chi connectivity index (χ4n) is 3.26. The van der Waals surface area contributed by atoms with Crippen LogP contribution in [0, 0.1) is 0 Å². The topological polar surface area (TPSA) is 76.2 Å². The Bertz CT molecular complexity index is 705. The molecule has 1 heterocycles. The van der Waals surface area contributed by atoms with Crippen molar-refractivity contribution in [1.82, 2.24) is 9.96 Å². The minimum absolute atomic E-state index is 0.0509. The van der Waals surface area contributed by atoms with Crippen molar-refractivity contribution in [3.05, 3.63) is 35.4 Å². The van der Waals surface area contributed by atoms with E-state index >= 15 is 0 Å². The van der Waals surface area contributed by atoms with Crippen LogP contribution in [0.15, 0.2) is 24.3 Å². The van der Waals surface area contributed by atoms with Gasteiger partial charge in [-0.3, -0.25) is 14.4 Å². The Labute approximate surface area is 152 Å². The number of hydrogen-bond donors (Lipinski definition) is 0. The molecule has 0 spiro atoms. The van der Waals surface area contributed by atoms with E-state index in [0.29, 0.717) is 24.0 Å². The maximum Gasteiger partial charge on any atom is 0.410 e. The van der Waals surface area contributed by atoms with Crippen molar-refractivity contribution in [3.63, 3.8) is 0 Å². The molecule has 3 amide bonds. The van der Waals surface area contributed by atoms with Gasteiger partial charge < -0.3 is 9.64 Å². The molecule has 1 aliphatic carbocycles. The second kappa shape index (κ2) is 6.72. The number of rotatable bonds is 3. The number of hydroxylamine groups is 2. The van der Waals surface area contributed by atoms with E-state index in [2.05, 4.69) is 0 Å². The highest BCUT2D eigenvalue weighted by atomic mass is 16.7. The van der Waals surface area contributed by atoms with Gasteiger partial charge in [0.05, 0.1) is 17.2 Å². The molecule has 0 bridgehead atoms. The van der Waals surface area contributed by atoms with Crippen LogP contribution in [0.2, 0.25) is 0 Å². The number of imide groups is 1. The summed E-state index contributed by atoms with van der Waals surface area (Å²) in [4.78, 5) is 44.2. The van der Waals surface area contributed by atoms with Crippen molar-refractivity contribution in [2.24, 2.45) is 0 Å². The SMILES string of the molecule is CN(C(=O)OC(C)(C)C)C1CCC(ON2C(=O)c3ccccc3C2=O)C1. The lowest BCUT2D eigenvalue weighted by molar-refractivity contribution is -0.130. The molecule has 3 rings (SSSR count). The zero-order valence-electron chi connectivity index (χ0n) is 15.5. The van der Waals surface area contributed by atoms with Crippen LogP contribution in [-0.2, 0) is 9.57 Å². The third-order valence-corrected chi connectivity index (χ3v) is 4.60. The van der Waals surface area contributed by atoms with Crippen LogP contribution < -0.4 is 0 Å². The summed E-state index contributed by atoms with van der Waals surface area (Å²) in [5.41, 5.74) is 0.163. The minimum atomic E-state index is -0.556. The smallest absolute Gasteiger partial charge is 0.410 e. The van der Waals surface area contributed by atoms with Gasteiger partial charge >= 0.3 is 6.09 Å². The molecular weight excluding hydrogens is 336 g/mol. The molecule has 1 aromatic rings. The van der Waals surface area contributed by atoms with E-state index in [0.717, 1.165) is 11.5 Å². The maximum atomic E-state index is 12.4. The van der Waals surface area contributed by atoms with Crippen LogP contribution in [0.4, 0.5) is 4.79 Å². The van der Waals surface area contributed by atoms with Gasteiger partial charge in [-0.15, -0.1) is 5.06 Å². The number of fused-ring (bicyclic) bond motifs is 1. The predicted octanol–water partition coefficient (Wildman–Crippen LogP) is 3.00. The molecule has 1 aromatic carbocycles. The molecule has 2 unspecified atom stereocenters. The molecule has 0 saturated heterocycles. The summed E-state index contributed by atoms with van der Waals surface area (Å²) in [6, 6.07) is 6.62. The van der Waals surface area contributed by atoms with Gasteiger partial charge in [0.1, 0.15) is 5.60 Å². The molecule has 26 heavy (non-hydrogen) atoms. The third kappa shape index (κ3) is 3.58. The van der Waals surface area contributed by atoms with E-state index in [4.69, 9.17) is 9.57 Å². The van der Waals surface area contributed by atoms with Gasteiger partial charge in [0.2, 0.25) is 0 Å². The Hall–Kier alpha value is -2.41. The summed E-state index contributed by atoms with van der Waals surface area (Å²) < 4.78 is 5.38. The van der Waals surface area contributed by atoms with Crippen molar-refractivity contribution in [3.8, 4) is 0 Å². The third-order valence-electron chi connectivity index (χ3n) is 4.60. The monoisotopic (exact) mass is 360 g/mol. The molecule has 0 aromatic heterocycles. The van der Waals surface area contributed by atoms with E-state index in [1.54, 1.807) is 36.2 Å². The van der Waals surface area contributed by atoms with Crippen molar-refractivity contribution >= 4 is 17.9 Å². The number of benzene rings is 1. The molecule has 1 saturated carbocycles. The highest BCUT2D eigenvalue weighted by molar-refractivity contribution is 6.20. The fourth-order valence-corrected chi connectivity index (χ4v) is 3.26. The zero-order chi connectivity index (χ0) is 19.1. The van der Waals surface area contributed by atoms with Gasteiger partial charge in [-0.1, -0.05) is 12.1 Å². The second-order valence-corrected chi connectivity index (χ2v) is 7.74. The summed E-state index contributed by atoms with van der Waals surface area (Å²) in [5.74, 6) is -0.871. The zero-order valence-corrected chi connectivity index (χ0v) is 15.5. The van der Waals surface area contributed by atoms with Crippen LogP contribution in [0.1, 0.15) is 60.7 Å². The summed E-state index contributed by atoms with van der Waals surface area (Å²) in [7, 11) is 1.70. The van der Waals surface area contributed by atoms with Gasteiger partial charge in [-0.05, 0) is 52.2 Å². The summed E-state index contributed by atoms with van der Waals surface area (Å²) in [6.07, 6.45) is 1.24. The lowest BCUT2D eigenvalue weighted by atomic mass is 10.1. The average molecular weight is 360 g/mol. The Balaban J connectivity index is 1.60. The number of nitrogens with zero attached hydrogens (tertiary/aromatic N) is 2. The summed E-state index contributed by atoms with van der Waals surface area (Å²) in [5, 5.41) is 0.852. The van der Waals surface area contributed by atoms with E-state index in [9.17, 15) is 14.4 Å². The lowest BCUT2D eigenvalue weighted by Crippen LogP contribution is -2.40. The molecule has 2 aliphatic rings. The Kier molecular flexibility index (Phi) is 4.75. The average Bonchev–Trinajstić information content (AvgIpc) is 3.13. The Morgan fingerprint density at radius 3 is 2.23 bits per heavy atom. The Morgan fingerprint density at radius 1 is 1.12 bits per heavy atom. The predicted molar refractivity (Wildman–Crippen MR) is 93.5 cm³/mol. The number of carbonyl (C=O) groups excluding carboxylic acids is 3. The number of carbonyl (C=O) groups is 3. The van der Waals surface area contributed by atoms with E-state index in [1.165, 1.54) is 0 Å². The first-order chi connectivity index (χ1) is 12.2. The molecule has 2 atom stereocenters. The van der Waals surface area contributed by atoms with Gasteiger partial charge in [-0.2, -0.15) is 0 Å².